The zero-order valence-corrected chi connectivity index (χ0v) is 10.0. The molecule has 0 amide bonds. The number of nitrogens with two attached hydrogens (primary N) is 1. The van der Waals surface area contributed by atoms with E-state index < -0.39 is 0 Å². The third kappa shape index (κ3) is 2.27. The highest BCUT2D eigenvalue weighted by atomic mass is 32.2. The van der Waals surface area contributed by atoms with Crippen LogP contribution in [0.1, 0.15) is 11.4 Å². The van der Waals surface area contributed by atoms with Crippen LogP contribution in [0.4, 0.5) is 5.69 Å². The van der Waals surface area contributed by atoms with Crippen LogP contribution in [0.2, 0.25) is 0 Å². The third-order valence-electron chi connectivity index (χ3n) is 1.86. The van der Waals surface area contributed by atoms with Crippen LogP contribution in [0, 0.1) is 13.8 Å². The molecule has 0 unspecified atom stereocenters. The second-order valence-electron chi connectivity index (χ2n) is 3.06. The van der Waals surface area contributed by atoms with Crippen LogP contribution in [0.3, 0.4) is 0 Å². The van der Waals surface area contributed by atoms with Gasteiger partial charge < -0.3 is 5.73 Å². The summed E-state index contributed by atoms with van der Waals surface area (Å²) in [6, 6.07) is 1.89. The van der Waals surface area contributed by atoms with Crippen LogP contribution in [0.15, 0.2) is 21.6 Å². The topological polar surface area (TPSA) is 64.7 Å². The summed E-state index contributed by atoms with van der Waals surface area (Å²) in [5, 5.41) is 0.797. The molecule has 0 radical (unpaired) electrons. The molecule has 2 heterocycles. The molecule has 2 aromatic rings. The van der Waals surface area contributed by atoms with Crippen molar-refractivity contribution in [3.63, 3.8) is 0 Å². The van der Waals surface area contributed by atoms with Gasteiger partial charge in [0.15, 0.2) is 4.34 Å². The van der Waals surface area contributed by atoms with Gasteiger partial charge in [0.25, 0.3) is 0 Å². The fraction of sp³-hybridized carbons (Fsp3) is 0.222. The molecule has 78 valence electrons. The Hall–Kier alpha value is -1.14. The molecule has 6 heteroatoms. The SMILES string of the molecule is Cc1nsc(Sc2nccc(C)c2N)n1. The number of aryl methyl sites for hydroxylation is 2. The predicted molar refractivity (Wildman–Crippen MR) is 62.2 cm³/mol. The Balaban J connectivity index is 2.28. The number of rotatable bonds is 2. The van der Waals surface area contributed by atoms with Crippen LogP contribution >= 0.6 is 23.3 Å². The van der Waals surface area contributed by atoms with E-state index in [-0.39, 0.29) is 0 Å². The van der Waals surface area contributed by atoms with E-state index in [1.807, 2.05) is 19.9 Å². The minimum Gasteiger partial charge on any atom is -0.396 e. The second kappa shape index (κ2) is 4.16. The van der Waals surface area contributed by atoms with E-state index in [4.69, 9.17) is 5.73 Å². The minimum absolute atomic E-state index is 0.718. The summed E-state index contributed by atoms with van der Waals surface area (Å²) in [4.78, 5) is 8.47. The molecule has 0 saturated carbocycles. The van der Waals surface area contributed by atoms with Gasteiger partial charge >= 0.3 is 0 Å². The molecular formula is C9H10N4S2. The van der Waals surface area contributed by atoms with E-state index in [1.165, 1.54) is 23.3 Å². The van der Waals surface area contributed by atoms with Crippen molar-refractivity contribution in [3.8, 4) is 0 Å². The van der Waals surface area contributed by atoms with Gasteiger partial charge in [-0.15, -0.1) is 0 Å². The van der Waals surface area contributed by atoms with Crippen molar-refractivity contribution >= 4 is 29.0 Å². The molecule has 4 nitrogen and oxygen atoms in total. The normalized spacial score (nSPS) is 10.5. The highest BCUT2D eigenvalue weighted by Crippen LogP contribution is 2.32. The zero-order valence-electron chi connectivity index (χ0n) is 8.39. The second-order valence-corrected chi connectivity index (χ2v) is 5.04. The van der Waals surface area contributed by atoms with E-state index in [9.17, 15) is 0 Å². The Morgan fingerprint density at radius 2 is 2.20 bits per heavy atom. The number of aromatic nitrogens is 3. The maximum atomic E-state index is 5.91. The number of nitrogens with zero attached hydrogens (tertiary/aromatic N) is 3. The fourth-order valence-corrected chi connectivity index (χ4v) is 2.68. The lowest BCUT2D eigenvalue weighted by Crippen LogP contribution is -1.94. The standard InChI is InChI=1S/C9H10N4S2/c1-5-3-4-11-8(7(5)10)14-9-12-6(2)13-15-9/h3-4H,10H2,1-2H3. The summed E-state index contributed by atoms with van der Waals surface area (Å²) < 4.78 is 4.98. The maximum Gasteiger partial charge on any atom is 0.176 e. The molecule has 2 aromatic heterocycles. The molecular weight excluding hydrogens is 228 g/mol. The Kier molecular flexibility index (Phi) is 2.88. The van der Waals surface area contributed by atoms with Gasteiger partial charge in [-0.3, -0.25) is 0 Å². The maximum absolute atomic E-state index is 5.91. The molecule has 0 bridgehead atoms. The predicted octanol–water partition coefficient (Wildman–Crippen LogP) is 2.28. The summed E-state index contributed by atoms with van der Waals surface area (Å²) >= 11 is 2.82. The van der Waals surface area contributed by atoms with E-state index in [2.05, 4.69) is 14.3 Å². The van der Waals surface area contributed by atoms with E-state index >= 15 is 0 Å². The molecule has 0 aromatic carbocycles. The molecule has 0 spiro atoms. The molecule has 0 aliphatic heterocycles. The number of hydrogen-bond acceptors (Lipinski definition) is 6. The first kappa shape index (κ1) is 10.4. The first-order valence-corrected chi connectivity index (χ1v) is 5.95. The summed E-state index contributed by atoms with van der Waals surface area (Å²) in [5.74, 6) is 0.786. The van der Waals surface area contributed by atoms with Crippen molar-refractivity contribution in [1.82, 2.24) is 14.3 Å². The Morgan fingerprint density at radius 3 is 2.87 bits per heavy atom. The minimum atomic E-state index is 0.718. The van der Waals surface area contributed by atoms with Crippen LogP contribution in [0.25, 0.3) is 0 Å². The van der Waals surface area contributed by atoms with Crippen LogP contribution in [0.5, 0.6) is 0 Å². The van der Waals surface area contributed by atoms with E-state index in [0.29, 0.717) is 0 Å². The molecule has 0 aliphatic carbocycles. The van der Waals surface area contributed by atoms with E-state index in [0.717, 1.165) is 26.4 Å². The Labute approximate surface area is 96.1 Å². The first-order chi connectivity index (χ1) is 7.16. The molecule has 0 fully saturated rings. The van der Waals surface area contributed by atoms with Gasteiger partial charge in [0.2, 0.25) is 0 Å². The smallest absolute Gasteiger partial charge is 0.176 e. The van der Waals surface area contributed by atoms with Crippen molar-refractivity contribution in [2.75, 3.05) is 5.73 Å². The summed E-state index contributed by atoms with van der Waals surface area (Å²) in [6.45, 7) is 3.83. The van der Waals surface area contributed by atoms with Gasteiger partial charge in [0.05, 0.1) is 5.69 Å². The monoisotopic (exact) mass is 238 g/mol. The molecule has 2 rings (SSSR count). The van der Waals surface area contributed by atoms with E-state index in [1.54, 1.807) is 6.20 Å². The average molecular weight is 238 g/mol. The number of pyridine rings is 1. The first-order valence-electron chi connectivity index (χ1n) is 4.36. The lowest BCUT2D eigenvalue weighted by molar-refractivity contribution is 1.08. The lowest BCUT2D eigenvalue weighted by atomic mass is 10.3. The quantitative estimate of drug-likeness (QED) is 0.869. The largest absolute Gasteiger partial charge is 0.396 e. The molecule has 2 N–H and O–H groups in total. The van der Waals surface area contributed by atoms with Gasteiger partial charge in [-0.05, 0) is 48.8 Å². The van der Waals surface area contributed by atoms with Crippen molar-refractivity contribution in [2.24, 2.45) is 0 Å². The van der Waals surface area contributed by atoms with Crippen molar-refractivity contribution in [3.05, 3.63) is 23.7 Å². The van der Waals surface area contributed by atoms with Crippen molar-refractivity contribution in [2.45, 2.75) is 23.2 Å². The molecule has 0 aliphatic rings. The Morgan fingerprint density at radius 1 is 1.40 bits per heavy atom. The third-order valence-corrected chi connectivity index (χ3v) is 3.73. The van der Waals surface area contributed by atoms with Crippen LogP contribution < -0.4 is 5.73 Å². The van der Waals surface area contributed by atoms with Crippen molar-refractivity contribution in [1.29, 1.82) is 0 Å². The van der Waals surface area contributed by atoms with Gasteiger partial charge in [-0.1, -0.05) is 0 Å². The fourth-order valence-electron chi connectivity index (χ4n) is 1.03. The van der Waals surface area contributed by atoms with Crippen LogP contribution in [-0.2, 0) is 0 Å². The van der Waals surface area contributed by atoms with Gasteiger partial charge in [-0.2, -0.15) is 4.37 Å². The average Bonchev–Trinajstić information content (AvgIpc) is 2.59. The molecule has 0 atom stereocenters. The summed E-state index contributed by atoms with van der Waals surface area (Å²) in [7, 11) is 0. The number of anilines is 1. The Bertz CT molecular complexity index is 481. The summed E-state index contributed by atoms with van der Waals surface area (Å²) in [5.41, 5.74) is 7.66. The molecule has 15 heavy (non-hydrogen) atoms. The number of hydrogen-bond donors (Lipinski definition) is 1. The van der Waals surface area contributed by atoms with Crippen LogP contribution in [-0.4, -0.2) is 14.3 Å². The highest BCUT2D eigenvalue weighted by Gasteiger charge is 2.08. The zero-order chi connectivity index (χ0) is 10.8. The van der Waals surface area contributed by atoms with Gasteiger partial charge in [-0.25, -0.2) is 9.97 Å². The number of nitrogen functional groups attached to an aromatic ring is 1. The lowest BCUT2D eigenvalue weighted by Gasteiger charge is -2.03. The molecule has 0 saturated heterocycles. The highest BCUT2D eigenvalue weighted by molar-refractivity contribution is 8.01. The van der Waals surface area contributed by atoms with Gasteiger partial charge in [0.1, 0.15) is 10.9 Å². The van der Waals surface area contributed by atoms with Gasteiger partial charge in [0, 0.05) is 6.20 Å². The van der Waals surface area contributed by atoms with Crippen molar-refractivity contribution < 1.29 is 0 Å². The summed E-state index contributed by atoms with van der Waals surface area (Å²) in [6.07, 6.45) is 1.75.